The molecule has 0 bridgehead atoms. The van der Waals surface area contributed by atoms with E-state index in [1.54, 1.807) is 5.38 Å². The molecule has 0 aromatic carbocycles. The van der Waals surface area contributed by atoms with E-state index >= 15 is 0 Å². The highest BCUT2D eigenvalue weighted by Gasteiger charge is 2.10. The van der Waals surface area contributed by atoms with Gasteiger partial charge >= 0.3 is 0 Å². The summed E-state index contributed by atoms with van der Waals surface area (Å²) in [5.41, 5.74) is 2.46. The molecule has 1 aromatic heterocycles. The fourth-order valence-electron chi connectivity index (χ4n) is 1.20. The van der Waals surface area contributed by atoms with Crippen LogP contribution in [0.3, 0.4) is 0 Å². The summed E-state index contributed by atoms with van der Waals surface area (Å²) in [6.45, 7) is 6.95. The molecule has 0 aliphatic rings. The lowest BCUT2D eigenvalue weighted by Gasteiger charge is -2.15. The van der Waals surface area contributed by atoms with Crippen molar-refractivity contribution >= 4 is 17.2 Å². The molecular weight excluding hydrogens is 212 g/mol. The van der Waals surface area contributed by atoms with E-state index in [1.807, 2.05) is 0 Å². The van der Waals surface area contributed by atoms with Crippen LogP contribution in [-0.2, 0) is 6.54 Å². The van der Waals surface area contributed by atoms with Gasteiger partial charge in [-0.25, -0.2) is 10.8 Å². The first-order chi connectivity index (χ1) is 7.21. The van der Waals surface area contributed by atoms with Gasteiger partial charge in [0.05, 0.1) is 6.54 Å². The van der Waals surface area contributed by atoms with Gasteiger partial charge < -0.3 is 0 Å². The summed E-state index contributed by atoms with van der Waals surface area (Å²) in [4.78, 5) is 17.6. The number of carbonyl (C=O) groups is 1. The monoisotopic (exact) mass is 228 g/mol. The average Bonchev–Trinajstić information content (AvgIpc) is 2.73. The molecule has 0 atom stereocenters. The molecule has 1 aromatic rings. The Morgan fingerprint density at radius 3 is 2.80 bits per heavy atom. The van der Waals surface area contributed by atoms with Crippen LogP contribution in [0.15, 0.2) is 5.38 Å². The van der Waals surface area contributed by atoms with Crippen molar-refractivity contribution < 1.29 is 4.79 Å². The van der Waals surface area contributed by atoms with E-state index in [0.29, 0.717) is 5.69 Å². The first-order valence-corrected chi connectivity index (χ1v) is 5.76. The quantitative estimate of drug-likeness (QED) is 0.439. The Morgan fingerprint density at radius 1 is 1.60 bits per heavy atom. The third kappa shape index (κ3) is 3.26. The van der Waals surface area contributed by atoms with Crippen LogP contribution in [0.5, 0.6) is 0 Å². The zero-order chi connectivity index (χ0) is 11.3. The van der Waals surface area contributed by atoms with E-state index in [1.165, 1.54) is 11.3 Å². The maximum atomic E-state index is 11.1. The van der Waals surface area contributed by atoms with Gasteiger partial charge in [0, 0.05) is 5.38 Å². The fourth-order valence-corrected chi connectivity index (χ4v) is 2.02. The smallest absolute Gasteiger partial charge is 0.284 e. The van der Waals surface area contributed by atoms with Crippen LogP contribution in [0.4, 0.5) is 0 Å². The lowest BCUT2D eigenvalue weighted by atomic mass is 10.4. The lowest BCUT2D eigenvalue weighted by molar-refractivity contribution is 0.0949. The largest absolute Gasteiger partial charge is 0.297 e. The number of hydrazine groups is 1. The second kappa shape index (κ2) is 5.79. The maximum absolute atomic E-state index is 11.1. The summed E-state index contributed by atoms with van der Waals surface area (Å²) in [5.74, 6) is 4.69. The summed E-state index contributed by atoms with van der Waals surface area (Å²) < 4.78 is 0. The predicted molar refractivity (Wildman–Crippen MR) is 60.4 cm³/mol. The Bertz CT molecular complexity index is 322. The number of nitrogen functional groups attached to an aromatic ring is 1. The Hall–Kier alpha value is -0.980. The number of aromatic nitrogens is 1. The second-order valence-corrected chi connectivity index (χ2v) is 4.00. The normalized spacial score (nSPS) is 10.7. The zero-order valence-electron chi connectivity index (χ0n) is 8.99. The van der Waals surface area contributed by atoms with E-state index in [9.17, 15) is 4.79 Å². The molecular formula is C9H16N4OS. The van der Waals surface area contributed by atoms with Crippen LogP contribution in [0.2, 0.25) is 0 Å². The number of thiazole rings is 1. The topological polar surface area (TPSA) is 71.2 Å². The average molecular weight is 228 g/mol. The van der Waals surface area contributed by atoms with E-state index in [4.69, 9.17) is 5.84 Å². The summed E-state index contributed by atoms with van der Waals surface area (Å²) in [5, 5.41) is 2.67. The van der Waals surface area contributed by atoms with Crippen molar-refractivity contribution in [3.63, 3.8) is 0 Å². The van der Waals surface area contributed by atoms with Crippen LogP contribution in [0, 0.1) is 0 Å². The number of hydrogen-bond donors (Lipinski definition) is 2. The van der Waals surface area contributed by atoms with E-state index in [-0.39, 0.29) is 5.91 Å². The zero-order valence-corrected chi connectivity index (χ0v) is 9.80. The van der Waals surface area contributed by atoms with Crippen molar-refractivity contribution in [3.8, 4) is 0 Å². The lowest BCUT2D eigenvalue weighted by Crippen LogP contribution is -2.30. The number of amides is 1. The molecule has 0 saturated heterocycles. The molecule has 15 heavy (non-hydrogen) atoms. The van der Waals surface area contributed by atoms with Crippen LogP contribution in [-0.4, -0.2) is 28.9 Å². The minimum Gasteiger partial charge on any atom is -0.297 e. The molecule has 6 heteroatoms. The molecule has 1 heterocycles. The number of nitrogens with one attached hydrogen (secondary N) is 1. The van der Waals surface area contributed by atoms with Crippen molar-refractivity contribution in [2.24, 2.45) is 5.84 Å². The van der Waals surface area contributed by atoms with Gasteiger partial charge in [-0.15, -0.1) is 11.3 Å². The SMILES string of the molecule is CCN(CC)Cc1nc(C(=O)NN)cs1. The maximum Gasteiger partial charge on any atom is 0.284 e. The Kier molecular flexibility index (Phi) is 4.67. The fraction of sp³-hybridized carbons (Fsp3) is 0.556. The second-order valence-electron chi connectivity index (χ2n) is 3.06. The van der Waals surface area contributed by atoms with E-state index in [0.717, 1.165) is 24.6 Å². The summed E-state index contributed by atoms with van der Waals surface area (Å²) >= 11 is 1.48. The molecule has 84 valence electrons. The molecule has 0 unspecified atom stereocenters. The number of carbonyl (C=O) groups excluding carboxylic acids is 1. The van der Waals surface area contributed by atoms with E-state index in [2.05, 4.69) is 29.2 Å². The van der Waals surface area contributed by atoms with Gasteiger partial charge in [-0.2, -0.15) is 0 Å². The Labute approximate surface area is 93.3 Å². The molecule has 1 amide bonds. The summed E-state index contributed by atoms with van der Waals surface area (Å²) in [7, 11) is 0. The first-order valence-electron chi connectivity index (χ1n) is 4.88. The first kappa shape index (κ1) is 12.1. The molecule has 0 aliphatic carbocycles. The highest BCUT2D eigenvalue weighted by molar-refractivity contribution is 7.09. The molecule has 0 spiro atoms. The van der Waals surface area contributed by atoms with Gasteiger partial charge in [-0.3, -0.25) is 15.1 Å². The molecule has 1 rings (SSSR count). The van der Waals surface area contributed by atoms with Crippen molar-refractivity contribution in [1.82, 2.24) is 15.3 Å². The molecule has 0 fully saturated rings. The summed E-state index contributed by atoms with van der Waals surface area (Å²) in [6.07, 6.45) is 0. The Morgan fingerprint density at radius 2 is 2.27 bits per heavy atom. The third-order valence-electron chi connectivity index (χ3n) is 2.17. The van der Waals surface area contributed by atoms with E-state index < -0.39 is 0 Å². The van der Waals surface area contributed by atoms with Gasteiger partial charge in [0.25, 0.3) is 5.91 Å². The van der Waals surface area contributed by atoms with Gasteiger partial charge in [0.2, 0.25) is 0 Å². The highest BCUT2D eigenvalue weighted by atomic mass is 32.1. The molecule has 0 aliphatic heterocycles. The number of rotatable bonds is 5. The van der Waals surface area contributed by atoms with Crippen LogP contribution in [0.25, 0.3) is 0 Å². The van der Waals surface area contributed by atoms with Crippen LogP contribution >= 0.6 is 11.3 Å². The van der Waals surface area contributed by atoms with Crippen molar-refractivity contribution in [2.75, 3.05) is 13.1 Å². The van der Waals surface area contributed by atoms with Crippen molar-refractivity contribution in [1.29, 1.82) is 0 Å². The van der Waals surface area contributed by atoms with Gasteiger partial charge in [0.1, 0.15) is 10.7 Å². The van der Waals surface area contributed by atoms with Gasteiger partial charge in [-0.1, -0.05) is 13.8 Å². The molecule has 5 nitrogen and oxygen atoms in total. The molecule has 3 N–H and O–H groups in total. The highest BCUT2D eigenvalue weighted by Crippen LogP contribution is 2.11. The van der Waals surface area contributed by atoms with Gasteiger partial charge in [-0.05, 0) is 13.1 Å². The van der Waals surface area contributed by atoms with Crippen molar-refractivity contribution in [3.05, 3.63) is 16.1 Å². The number of nitrogens with two attached hydrogens (primary N) is 1. The van der Waals surface area contributed by atoms with Gasteiger partial charge in [0.15, 0.2) is 0 Å². The van der Waals surface area contributed by atoms with Crippen molar-refractivity contribution in [2.45, 2.75) is 20.4 Å². The minimum absolute atomic E-state index is 0.336. The number of hydrogen-bond acceptors (Lipinski definition) is 5. The molecule has 0 saturated carbocycles. The predicted octanol–water partition coefficient (Wildman–Crippen LogP) is 0.588. The Balaban J connectivity index is 2.63. The van der Waals surface area contributed by atoms with Crippen LogP contribution in [0.1, 0.15) is 29.3 Å². The summed E-state index contributed by atoms with van der Waals surface area (Å²) in [6, 6.07) is 0. The number of nitrogens with zero attached hydrogens (tertiary/aromatic N) is 2. The van der Waals surface area contributed by atoms with Crippen LogP contribution < -0.4 is 11.3 Å². The minimum atomic E-state index is -0.336. The third-order valence-corrected chi connectivity index (χ3v) is 3.00. The standard InChI is InChI=1S/C9H16N4OS/c1-3-13(4-2)5-8-11-7(6-15-8)9(14)12-10/h6H,3-5,10H2,1-2H3,(H,12,14). The molecule has 0 radical (unpaired) electrons.